The number of nitrogens with zero attached hydrogens (tertiary/aromatic N) is 3. The molecule has 0 aliphatic heterocycles. The van der Waals surface area contributed by atoms with Crippen molar-refractivity contribution in [1.82, 2.24) is 19.7 Å². The molecule has 5 heteroatoms. The molecule has 1 N–H and O–H groups in total. The predicted molar refractivity (Wildman–Crippen MR) is 79.0 cm³/mol. The van der Waals surface area contributed by atoms with Crippen LogP contribution in [-0.2, 0) is 6.54 Å². The lowest BCUT2D eigenvalue weighted by Crippen LogP contribution is -2.24. The summed E-state index contributed by atoms with van der Waals surface area (Å²) in [5, 5.41) is 3.57. The number of imidazole rings is 1. The zero-order valence-corrected chi connectivity index (χ0v) is 12.6. The van der Waals surface area contributed by atoms with Crippen molar-refractivity contribution in [2.75, 3.05) is 6.54 Å². The maximum absolute atomic E-state index is 4.36. The van der Waals surface area contributed by atoms with Crippen molar-refractivity contribution in [3.63, 3.8) is 0 Å². The minimum absolute atomic E-state index is 0.839. The van der Waals surface area contributed by atoms with Crippen LogP contribution in [0.15, 0.2) is 23.2 Å². The Bertz CT molecular complexity index is 545. The van der Waals surface area contributed by atoms with Gasteiger partial charge in [0.1, 0.15) is 4.60 Å². The fourth-order valence-corrected chi connectivity index (χ4v) is 3.15. The lowest BCUT2D eigenvalue weighted by atomic mass is 9.89. The molecule has 19 heavy (non-hydrogen) atoms. The first-order valence-corrected chi connectivity index (χ1v) is 7.80. The molecule has 0 unspecified atom stereocenters. The van der Waals surface area contributed by atoms with E-state index >= 15 is 0 Å². The van der Waals surface area contributed by atoms with E-state index in [2.05, 4.69) is 35.6 Å². The standard InChI is InChI=1S/C14H19BrN4/c15-13-10-19-12(8-18-14(19)9-17-13)7-16-6-11-4-2-1-3-5-11/h8-11,16H,1-7H2. The molecule has 4 nitrogen and oxygen atoms in total. The molecule has 0 amide bonds. The number of hydrogen-bond donors (Lipinski definition) is 1. The Morgan fingerprint density at radius 3 is 2.89 bits per heavy atom. The third kappa shape index (κ3) is 3.15. The van der Waals surface area contributed by atoms with Crippen LogP contribution in [-0.4, -0.2) is 20.9 Å². The first-order chi connectivity index (χ1) is 9.33. The Kier molecular flexibility index (Phi) is 4.13. The monoisotopic (exact) mass is 322 g/mol. The lowest BCUT2D eigenvalue weighted by molar-refractivity contribution is 0.341. The van der Waals surface area contributed by atoms with Gasteiger partial charge in [-0.15, -0.1) is 0 Å². The van der Waals surface area contributed by atoms with E-state index in [4.69, 9.17) is 0 Å². The largest absolute Gasteiger partial charge is 0.311 e. The second-order valence-electron chi connectivity index (χ2n) is 5.32. The van der Waals surface area contributed by atoms with Gasteiger partial charge in [-0.25, -0.2) is 9.97 Å². The van der Waals surface area contributed by atoms with Crippen molar-refractivity contribution >= 4 is 21.6 Å². The Hall–Kier alpha value is -0.940. The molecule has 0 radical (unpaired) electrons. The zero-order valence-electron chi connectivity index (χ0n) is 11.0. The summed E-state index contributed by atoms with van der Waals surface area (Å²) >= 11 is 3.40. The van der Waals surface area contributed by atoms with Crippen LogP contribution < -0.4 is 5.32 Å². The number of fused-ring (bicyclic) bond motifs is 1. The van der Waals surface area contributed by atoms with Crippen molar-refractivity contribution < 1.29 is 0 Å². The quantitative estimate of drug-likeness (QED) is 0.940. The predicted octanol–water partition coefficient (Wildman–Crippen LogP) is 3.16. The van der Waals surface area contributed by atoms with Gasteiger partial charge in [0, 0.05) is 12.7 Å². The maximum atomic E-state index is 4.36. The van der Waals surface area contributed by atoms with Crippen LogP contribution in [0.5, 0.6) is 0 Å². The molecule has 1 fully saturated rings. The highest BCUT2D eigenvalue weighted by molar-refractivity contribution is 9.10. The van der Waals surface area contributed by atoms with Crippen LogP contribution in [0, 0.1) is 5.92 Å². The van der Waals surface area contributed by atoms with E-state index in [-0.39, 0.29) is 0 Å². The molecule has 2 heterocycles. The third-order valence-electron chi connectivity index (χ3n) is 3.90. The van der Waals surface area contributed by atoms with Crippen molar-refractivity contribution in [2.24, 2.45) is 5.92 Å². The van der Waals surface area contributed by atoms with Gasteiger partial charge in [0.25, 0.3) is 0 Å². The van der Waals surface area contributed by atoms with Gasteiger partial charge in [0.2, 0.25) is 0 Å². The van der Waals surface area contributed by atoms with Gasteiger partial charge in [-0.1, -0.05) is 19.3 Å². The molecule has 0 spiro atoms. The van der Waals surface area contributed by atoms with Gasteiger partial charge < -0.3 is 5.32 Å². The van der Waals surface area contributed by atoms with E-state index in [0.717, 1.165) is 29.3 Å². The second-order valence-corrected chi connectivity index (χ2v) is 6.14. The Labute approximate surface area is 121 Å². The van der Waals surface area contributed by atoms with Crippen LogP contribution in [0.2, 0.25) is 0 Å². The second kappa shape index (κ2) is 6.01. The molecular formula is C14H19BrN4. The fourth-order valence-electron chi connectivity index (χ4n) is 2.84. The highest BCUT2D eigenvalue weighted by atomic mass is 79.9. The first kappa shape index (κ1) is 13.1. The number of nitrogens with one attached hydrogen (secondary N) is 1. The molecule has 2 aromatic heterocycles. The summed E-state index contributed by atoms with van der Waals surface area (Å²) in [6, 6.07) is 0. The summed E-state index contributed by atoms with van der Waals surface area (Å²) in [6.45, 7) is 1.99. The first-order valence-electron chi connectivity index (χ1n) is 7.01. The number of halogens is 1. The van der Waals surface area contributed by atoms with E-state index in [1.54, 1.807) is 6.20 Å². The molecule has 1 aliphatic carbocycles. The molecular weight excluding hydrogens is 304 g/mol. The molecule has 0 bridgehead atoms. The van der Waals surface area contributed by atoms with E-state index in [9.17, 15) is 0 Å². The highest BCUT2D eigenvalue weighted by Gasteiger charge is 2.13. The average Bonchev–Trinajstić information content (AvgIpc) is 2.83. The SMILES string of the molecule is Brc1cn2c(CNCC3CCCCC3)cnc2cn1. The van der Waals surface area contributed by atoms with Crippen molar-refractivity contribution in [1.29, 1.82) is 0 Å². The summed E-state index contributed by atoms with van der Waals surface area (Å²) in [6.07, 6.45) is 12.7. The number of aromatic nitrogens is 3. The van der Waals surface area contributed by atoms with Crippen LogP contribution >= 0.6 is 15.9 Å². The van der Waals surface area contributed by atoms with Gasteiger partial charge in [0.15, 0.2) is 5.65 Å². The minimum atomic E-state index is 0.839. The lowest BCUT2D eigenvalue weighted by Gasteiger charge is -2.21. The van der Waals surface area contributed by atoms with Crippen molar-refractivity contribution in [3.05, 3.63) is 28.9 Å². The van der Waals surface area contributed by atoms with E-state index < -0.39 is 0 Å². The number of rotatable bonds is 4. The Balaban J connectivity index is 1.60. The normalized spacial score (nSPS) is 17.1. The summed E-state index contributed by atoms with van der Waals surface area (Å²) in [7, 11) is 0. The van der Waals surface area contributed by atoms with E-state index in [1.807, 2.05) is 12.4 Å². The van der Waals surface area contributed by atoms with E-state index in [1.165, 1.54) is 37.8 Å². The average molecular weight is 323 g/mol. The van der Waals surface area contributed by atoms with Gasteiger partial charge in [-0.2, -0.15) is 0 Å². The summed E-state index contributed by atoms with van der Waals surface area (Å²) in [4.78, 5) is 8.55. The topological polar surface area (TPSA) is 42.2 Å². The summed E-state index contributed by atoms with van der Waals surface area (Å²) < 4.78 is 2.93. The minimum Gasteiger partial charge on any atom is -0.311 e. The molecule has 0 saturated heterocycles. The molecule has 1 saturated carbocycles. The van der Waals surface area contributed by atoms with Crippen molar-refractivity contribution in [2.45, 2.75) is 38.6 Å². The molecule has 0 aromatic carbocycles. The van der Waals surface area contributed by atoms with Gasteiger partial charge in [-0.05, 0) is 41.2 Å². The van der Waals surface area contributed by atoms with Crippen LogP contribution in [0.25, 0.3) is 5.65 Å². The zero-order chi connectivity index (χ0) is 13.1. The van der Waals surface area contributed by atoms with Crippen LogP contribution in [0.1, 0.15) is 37.8 Å². The Morgan fingerprint density at radius 2 is 2.05 bits per heavy atom. The van der Waals surface area contributed by atoms with Crippen LogP contribution in [0.3, 0.4) is 0 Å². The molecule has 3 rings (SSSR count). The van der Waals surface area contributed by atoms with Gasteiger partial charge in [-0.3, -0.25) is 4.40 Å². The van der Waals surface area contributed by atoms with Gasteiger partial charge in [0.05, 0.1) is 18.1 Å². The van der Waals surface area contributed by atoms with Crippen molar-refractivity contribution in [3.8, 4) is 0 Å². The maximum Gasteiger partial charge on any atom is 0.155 e. The fraction of sp³-hybridized carbons (Fsp3) is 0.571. The summed E-state index contributed by atoms with van der Waals surface area (Å²) in [5.41, 5.74) is 2.09. The molecule has 2 aromatic rings. The Morgan fingerprint density at radius 1 is 1.21 bits per heavy atom. The van der Waals surface area contributed by atoms with E-state index in [0.29, 0.717) is 0 Å². The number of hydrogen-bond acceptors (Lipinski definition) is 3. The molecule has 0 atom stereocenters. The smallest absolute Gasteiger partial charge is 0.155 e. The molecule has 1 aliphatic rings. The van der Waals surface area contributed by atoms with Gasteiger partial charge >= 0.3 is 0 Å². The third-order valence-corrected chi connectivity index (χ3v) is 4.31. The highest BCUT2D eigenvalue weighted by Crippen LogP contribution is 2.22. The molecule has 102 valence electrons. The van der Waals surface area contributed by atoms with Crippen LogP contribution in [0.4, 0.5) is 0 Å². The summed E-state index contributed by atoms with van der Waals surface area (Å²) in [5.74, 6) is 0.862.